The molecule has 1 spiro atoms. The summed E-state index contributed by atoms with van der Waals surface area (Å²) in [6.45, 7) is 3.50. The maximum Gasteiger partial charge on any atom is 0.261 e. The lowest BCUT2D eigenvalue weighted by molar-refractivity contribution is -0.0792. The molecule has 1 saturated heterocycles. The number of rotatable bonds is 3. The van der Waals surface area contributed by atoms with Gasteiger partial charge in [-0.1, -0.05) is 12.1 Å². The highest BCUT2D eigenvalue weighted by atomic mass is 32.1. The summed E-state index contributed by atoms with van der Waals surface area (Å²) < 4.78 is 17.9. The summed E-state index contributed by atoms with van der Waals surface area (Å²) >= 11 is 1.60. The summed E-state index contributed by atoms with van der Waals surface area (Å²) in [7, 11) is 0. The second kappa shape index (κ2) is 7.39. The maximum atomic E-state index is 12.8. The van der Waals surface area contributed by atoms with Crippen molar-refractivity contribution in [2.24, 2.45) is 0 Å². The molecule has 1 aromatic carbocycles. The minimum absolute atomic E-state index is 0.0501. The van der Waals surface area contributed by atoms with Crippen molar-refractivity contribution < 1.29 is 19.0 Å². The molecule has 1 amide bonds. The normalized spacial score (nSPS) is 22.5. The number of hydrogen-bond acceptors (Lipinski definition) is 6. The first-order valence-electron chi connectivity index (χ1n) is 9.88. The highest BCUT2D eigenvalue weighted by Gasteiger charge is 2.40. The van der Waals surface area contributed by atoms with Crippen LogP contribution in [-0.4, -0.2) is 44.9 Å². The standard InChI is InChI=1S/C21H24N2O4S/c24-20(23-12-14-13-25-16-3-1-2-4-17(16)27-14)19-11-15-18(28-19)5-10-26-21(15)6-8-22-9-7-21/h1-4,11,14,22H,5-10,12-13H2,(H,23,24). The van der Waals surface area contributed by atoms with Crippen molar-refractivity contribution in [1.29, 1.82) is 0 Å². The number of thiophene rings is 1. The summed E-state index contributed by atoms with van der Waals surface area (Å²) in [4.78, 5) is 14.8. The van der Waals surface area contributed by atoms with Gasteiger partial charge in [0.1, 0.15) is 12.7 Å². The van der Waals surface area contributed by atoms with Gasteiger partial charge < -0.3 is 24.8 Å². The summed E-state index contributed by atoms with van der Waals surface area (Å²) in [5.74, 6) is 1.43. The second-order valence-electron chi connectivity index (χ2n) is 7.50. The minimum atomic E-state index is -0.210. The average Bonchev–Trinajstić information content (AvgIpc) is 3.19. The monoisotopic (exact) mass is 400 g/mol. The number of hydrogen-bond donors (Lipinski definition) is 2. The van der Waals surface area contributed by atoms with Gasteiger partial charge in [0, 0.05) is 11.3 Å². The zero-order valence-electron chi connectivity index (χ0n) is 15.7. The molecule has 1 unspecified atom stereocenters. The van der Waals surface area contributed by atoms with Crippen LogP contribution in [-0.2, 0) is 16.8 Å². The Kier molecular flexibility index (Phi) is 4.74. The third kappa shape index (κ3) is 3.27. The van der Waals surface area contributed by atoms with E-state index >= 15 is 0 Å². The SMILES string of the molecule is O=C(NCC1COc2ccccc2O1)c1cc2c(s1)CCOC21CCNCC1. The van der Waals surface area contributed by atoms with Gasteiger partial charge in [0.2, 0.25) is 0 Å². The molecule has 1 fully saturated rings. The molecule has 0 aliphatic carbocycles. The first-order chi connectivity index (χ1) is 13.7. The van der Waals surface area contributed by atoms with E-state index in [-0.39, 0.29) is 17.6 Å². The smallest absolute Gasteiger partial charge is 0.261 e. The molecule has 6 nitrogen and oxygen atoms in total. The van der Waals surface area contributed by atoms with Crippen molar-refractivity contribution in [2.45, 2.75) is 31.0 Å². The lowest BCUT2D eigenvalue weighted by atomic mass is 9.83. The molecule has 28 heavy (non-hydrogen) atoms. The molecular weight excluding hydrogens is 376 g/mol. The highest BCUT2D eigenvalue weighted by molar-refractivity contribution is 7.14. The largest absolute Gasteiger partial charge is 0.486 e. The van der Waals surface area contributed by atoms with Crippen LogP contribution in [0.3, 0.4) is 0 Å². The van der Waals surface area contributed by atoms with Crippen molar-refractivity contribution in [3.63, 3.8) is 0 Å². The Labute approximate surface area is 168 Å². The van der Waals surface area contributed by atoms with Crippen molar-refractivity contribution >= 4 is 17.2 Å². The van der Waals surface area contributed by atoms with Crippen LogP contribution in [0.5, 0.6) is 11.5 Å². The molecule has 0 radical (unpaired) electrons. The molecule has 7 heteroatoms. The summed E-state index contributed by atoms with van der Waals surface area (Å²) in [5, 5.41) is 6.41. The summed E-state index contributed by atoms with van der Waals surface area (Å²) in [6, 6.07) is 9.65. The molecule has 2 N–H and O–H groups in total. The number of fused-ring (bicyclic) bond motifs is 3. The van der Waals surface area contributed by atoms with Crippen LogP contribution in [0.25, 0.3) is 0 Å². The molecule has 1 atom stereocenters. The van der Waals surface area contributed by atoms with Crippen molar-refractivity contribution in [1.82, 2.24) is 10.6 Å². The van der Waals surface area contributed by atoms with E-state index in [2.05, 4.69) is 10.6 Å². The Bertz CT molecular complexity index is 875. The molecule has 3 aliphatic heterocycles. The Balaban J connectivity index is 1.26. The minimum Gasteiger partial charge on any atom is -0.486 e. The van der Waals surface area contributed by atoms with E-state index in [9.17, 15) is 4.79 Å². The van der Waals surface area contributed by atoms with Gasteiger partial charge in [0.25, 0.3) is 5.91 Å². The maximum absolute atomic E-state index is 12.8. The molecule has 1 aromatic heterocycles. The van der Waals surface area contributed by atoms with Gasteiger partial charge in [-0.25, -0.2) is 0 Å². The fraction of sp³-hybridized carbons (Fsp3) is 0.476. The summed E-state index contributed by atoms with van der Waals surface area (Å²) in [6.07, 6.45) is 2.63. The third-order valence-electron chi connectivity index (χ3n) is 5.70. The van der Waals surface area contributed by atoms with E-state index < -0.39 is 0 Å². The highest BCUT2D eigenvalue weighted by Crippen LogP contribution is 2.43. The molecule has 4 heterocycles. The van der Waals surface area contributed by atoms with Gasteiger partial charge in [-0.3, -0.25) is 4.79 Å². The van der Waals surface area contributed by atoms with Gasteiger partial charge in [-0.2, -0.15) is 0 Å². The Morgan fingerprint density at radius 2 is 2.07 bits per heavy atom. The number of carbonyl (C=O) groups excluding carboxylic acids is 1. The van der Waals surface area contributed by atoms with Crippen LogP contribution in [0, 0.1) is 0 Å². The number of nitrogens with one attached hydrogen (secondary N) is 2. The first kappa shape index (κ1) is 18.0. The lowest BCUT2D eigenvalue weighted by Crippen LogP contribution is -2.44. The van der Waals surface area contributed by atoms with Gasteiger partial charge >= 0.3 is 0 Å². The fourth-order valence-electron chi connectivity index (χ4n) is 4.23. The van der Waals surface area contributed by atoms with Crippen LogP contribution in [0.2, 0.25) is 0 Å². The van der Waals surface area contributed by atoms with Crippen molar-refractivity contribution in [3.8, 4) is 11.5 Å². The third-order valence-corrected chi connectivity index (χ3v) is 6.89. The molecule has 148 valence electrons. The fourth-order valence-corrected chi connectivity index (χ4v) is 5.38. The summed E-state index contributed by atoms with van der Waals surface area (Å²) in [5.41, 5.74) is 1.01. The quantitative estimate of drug-likeness (QED) is 0.829. The number of piperidine rings is 1. The number of carbonyl (C=O) groups is 1. The van der Waals surface area contributed by atoms with E-state index in [0.717, 1.165) is 55.3 Å². The zero-order chi connectivity index (χ0) is 19.0. The number of benzene rings is 1. The van der Waals surface area contributed by atoms with Crippen LogP contribution < -0.4 is 20.1 Å². The van der Waals surface area contributed by atoms with Crippen LogP contribution in [0.4, 0.5) is 0 Å². The van der Waals surface area contributed by atoms with Crippen LogP contribution in [0.15, 0.2) is 30.3 Å². The first-order valence-corrected chi connectivity index (χ1v) is 10.7. The van der Waals surface area contributed by atoms with E-state index in [1.54, 1.807) is 11.3 Å². The Morgan fingerprint density at radius 3 is 2.93 bits per heavy atom. The molecule has 5 rings (SSSR count). The number of para-hydroxylation sites is 2. The molecule has 3 aliphatic rings. The van der Waals surface area contributed by atoms with Gasteiger partial charge in [-0.05, 0) is 49.7 Å². The molecule has 0 saturated carbocycles. The van der Waals surface area contributed by atoms with E-state index in [4.69, 9.17) is 14.2 Å². The van der Waals surface area contributed by atoms with E-state index in [0.29, 0.717) is 13.2 Å². The van der Waals surface area contributed by atoms with Gasteiger partial charge in [0.15, 0.2) is 11.5 Å². The molecule has 0 bridgehead atoms. The Morgan fingerprint density at radius 1 is 1.25 bits per heavy atom. The van der Waals surface area contributed by atoms with Gasteiger partial charge in [0.05, 0.1) is 23.6 Å². The lowest BCUT2D eigenvalue weighted by Gasteiger charge is -2.40. The van der Waals surface area contributed by atoms with Crippen molar-refractivity contribution in [3.05, 3.63) is 45.6 Å². The molecular formula is C21H24N2O4S. The zero-order valence-corrected chi connectivity index (χ0v) is 16.5. The Hall–Kier alpha value is -2.09. The number of amides is 1. The van der Waals surface area contributed by atoms with E-state index in [1.807, 2.05) is 30.3 Å². The topological polar surface area (TPSA) is 68.8 Å². The average molecular weight is 401 g/mol. The predicted molar refractivity (Wildman–Crippen MR) is 106 cm³/mol. The van der Waals surface area contributed by atoms with E-state index in [1.165, 1.54) is 10.4 Å². The number of ether oxygens (including phenoxy) is 3. The van der Waals surface area contributed by atoms with Crippen LogP contribution in [0.1, 0.15) is 33.0 Å². The second-order valence-corrected chi connectivity index (χ2v) is 8.63. The molecule has 2 aromatic rings. The predicted octanol–water partition coefficient (Wildman–Crippen LogP) is 2.47. The van der Waals surface area contributed by atoms with Crippen LogP contribution >= 0.6 is 11.3 Å². The van der Waals surface area contributed by atoms with Gasteiger partial charge in [-0.15, -0.1) is 11.3 Å². The van der Waals surface area contributed by atoms with Crippen molar-refractivity contribution in [2.75, 3.05) is 32.8 Å².